The van der Waals surface area contributed by atoms with Gasteiger partial charge in [0.05, 0.1) is 22.9 Å². The molecule has 0 unspecified atom stereocenters. The molecule has 156 valence electrons. The van der Waals surface area contributed by atoms with Crippen molar-refractivity contribution in [3.8, 4) is 0 Å². The molecular weight excluding hydrogens is 376 g/mol. The van der Waals surface area contributed by atoms with Crippen LogP contribution in [0.15, 0.2) is 48.5 Å². The number of nitrogens with zero attached hydrogens (tertiary/aromatic N) is 1. The maximum Gasteiger partial charge on any atom is 0.338 e. The Balaban J connectivity index is 1.94. The third-order valence-corrected chi connectivity index (χ3v) is 4.78. The molecule has 0 saturated heterocycles. The van der Waals surface area contributed by atoms with Crippen LogP contribution in [0.25, 0.3) is 10.9 Å². The van der Waals surface area contributed by atoms with Gasteiger partial charge < -0.3 is 10.1 Å². The number of nitrogens with one attached hydrogen (secondary N) is 1. The van der Waals surface area contributed by atoms with E-state index in [9.17, 15) is 9.59 Å². The summed E-state index contributed by atoms with van der Waals surface area (Å²) in [6.45, 7) is 11.9. The molecule has 5 nitrogen and oxygen atoms in total. The van der Waals surface area contributed by atoms with Gasteiger partial charge in [0.25, 0.3) is 5.91 Å². The lowest BCUT2D eigenvalue weighted by Crippen LogP contribution is -2.15. The summed E-state index contributed by atoms with van der Waals surface area (Å²) in [6, 6.07) is 14.6. The summed E-state index contributed by atoms with van der Waals surface area (Å²) in [5.41, 5.74) is 4.27. The first-order valence-corrected chi connectivity index (χ1v) is 10.1. The second kappa shape index (κ2) is 8.27. The number of hydrogen-bond acceptors (Lipinski definition) is 4. The Kier molecular flexibility index (Phi) is 5.92. The predicted octanol–water partition coefficient (Wildman–Crippen LogP) is 5.66. The molecule has 1 N–H and O–H groups in total. The number of rotatable bonds is 4. The number of anilines is 1. The summed E-state index contributed by atoms with van der Waals surface area (Å²) in [5, 5.41) is 3.67. The smallest absolute Gasteiger partial charge is 0.338 e. The SMILES string of the molecule is Cc1cc(NC(=O)c2ccc(C(C)(C)C)cc2)c2cc(C(=O)OC(C)C)ccc2n1. The number of hydrogen-bond donors (Lipinski definition) is 1. The fraction of sp³-hybridized carbons (Fsp3) is 0.320. The monoisotopic (exact) mass is 404 g/mol. The average molecular weight is 405 g/mol. The summed E-state index contributed by atoms with van der Waals surface area (Å²) in [4.78, 5) is 29.7. The van der Waals surface area contributed by atoms with E-state index in [1.165, 1.54) is 0 Å². The van der Waals surface area contributed by atoms with E-state index < -0.39 is 5.97 Å². The van der Waals surface area contributed by atoms with Crippen LogP contribution in [-0.2, 0) is 10.2 Å². The molecule has 1 aromatic heterocycles. The van der Waals surface area contributed by atoms with Gasteiger partial charge in [0.15, 0.2) is 0 Å². The van der Waals surface area contributed by atoms with Crippen molar-refractivity contribution in [3.63, 3.8) is 0 Å². The molecule has 3 aromatic rings. The van der Waals surface area contributed by atoms with Gasteiger partial charge in [-0.2, -0.15) is 0 Å². The van der Waals surface area contributed by atoms with Gasteiger partial charge in [0, 0.05) is 16.6 Å². The van der Waals surface area contributed by atoms with Crippen LogP contribution in [0, 0.1) is 6.92 Å². The van der Waals surface area contributed by atoms with Crippen LogP contribution in [-0.4, -0.2) is 23.0 Å². The molecule has 0 radical (unpaired) electrons. The highest BCUT2D eigenvalue weighted by Crippen LogP contribution is 2.26. The van der Waals surface area contributed by atoms with Crippen molar-refractivity contribution >= 4 is 28.5 Å². The van der Waals surface area contributed by atoms with Gasteiger partial charge in [-0.3, -0.25) is 9.78 Å². The van der Waals surface area contributed by atoms with E-state index in [1.807, 2.05) is 31.2 Å². The van der Waals surface area contributed by atoms with Gasteiger partial charge in [0.1, 0.15) is 0 Å². The Bertz CT molecular complexity index is 1090. The second-order valence-electron chi connectivity index (χ2n) is 8.78. The molecule has 1 amide bonds. The van der Waals surface area contributed by atoms with E-state index in [-0.39, 0.29) is 17.4 Å². The van der Waals surface area contributed by atoms with Crippen molar-refractivity contribution in [1.82, 2.24) is 4.98 Å². The number of carbonyl (C=O) groups is 2. The highest BCUT2D eigenvalue weighted by Gasteiger charge is 2.16. The molecule has 5 heteroatoms. The number of benzene rings is 2. The number of fused-ring (bicyclic) bond motifs is 1. The molecule has 1 heterocycles. The third-order valence-electron chi connectivity index (χ3n) is 4.78. The zero-order chi connectivity index (χ0) is 22.1. The molecule has 3 rings (SSSR count). The Labute approximate surface area is 177 Å². The normalized spacial score (nSPS) is 11.6. The number of pyridine rings is 1. The fourth-order valence-corrected chi connectivity index (χ4v) is 3.19. The van der Waals surface area contributed by atoms with Crippen LogP contribution in [0.3, 0.4) is 0 Å². The lowest BCUT2D eigenvalue weighted by atomic mass is 9.87. The minimum Gasteiger partial charge on any atom is -0.459 e. The van der Waals surface area contributed by atoms with Crippen LogP contribution >= 0.6 is 0 Å². The molecule has 0 aliphatic rings. The molecule has 0 aliphatic carbocycles. The highest BCUT2D eigenvalue weighted by molar-refractivity contribution is 6.09. The van der Waals surface area contributed by atoms with E-state index in [0.29, 0.717) is 27.7 Å². The largest absolute Gasteiger partial charge is 0.459 e. The molecule has 30 heavy (non-hydrogen) atoms. The number of carbonyl (C=O) groups excluding carboxylic acids is 2. The van der Waals surface area contributed by atoms with E-state index in [4.69, 9.17) is 4.74 Å². The van der Waals surface area contributed by atoms with Crippen molar-refractivity contribution in [1.29, 1.82) is 0 Å². The van der Waals surface area contributed by atoms with Crippen molar-refractivity contribution < 1.29 is 14.3 Å². The molecule has 0 fully saturated rings. The van der Waals surface area contributed by atoms with Crippen LogP contribution in [0.2, 0.25) is 0 Å². The zero-order valence-corrected chi connectivity index (χ0v) is 18.4. The second-order valence-corrected chi connectivity index (χ2v) is 8.78. The van der Waals surface area contributed by atoms with Crippen molar-refractivity contribution in [2.75, 3.05) is 5.32 Å². The highest BCUT2D eigenvalue weighted by atomic mass is 16.5. The first-order chi connectivity index (χ1) is 14.0. The van der Waals surface area contributed by atoms with Crippen LogP contribution in [0.4, 0.5) is 5.69 Å². The van der Waals surface area contributed by atoms with Gasteiger partial charge in [-0.05, 0) is 68.1 Å². The number of amides is 1. The number of aryl methyl sites for hydroxylation is 1. The maximum absolute atomic E-state index is 12.9. The number of esters is 1. The average Bonchev–Trinajstić information content (AvgIpc) is 2.66. The molecule has 0 bridgehead atoms. The van der Waals surface area contributed by atoms with Gasteiger partial charge in [-0.25, -0.2) is 4.79 Å². The van der Waals surface area contributed by atoms with Gasteiger partial charge in [-0.15, -0.1) is 0 Å². The Morgan fingerprint density at radius 3 is 2.20 bits per heavy atom. The van der Waals surface area contributed by atoms with Crippen molar-refractivity contribution in [3.05, 3.63) is 70.9 Å². The molecule has 0 spiro atoms. The number of aromatic nitrogens is 1. The minimum absolute atomic E-state index is 0.0222. The Morgan fingerprint density at radius 1 is 0.967 bits per heavy atom. The first kappa shape index (κ1) is 21.5. The third kappa shape index (κ3) is 4.85. The summed E-state index contributed by atoms with van der Waals surface area (Å²) in [6.07, 6.45) is -0.209. The maximum atomic E-state index is 12.9. The summed E-state index contributed by atoms with van der Waals surface area (Å²) < 4.78 is 5.29. The summed E-state index contributed by atoms with van der Waals surface area (Å²) in [7, 11) is 0. The fourth-order valence-electron chi connectivity index (χ4n) is 3.19. The Hall–Kier alpha value is -3.21. The molecular formula is C25H28N2O3. The minimum atomic E-state index is -0.400. The predicted molar refractivity (Wildman–Crippen MR) is 120 cm³/mol. The van der Waals surface area contributed by atoms with Crippen LogP contribution in [0.5, 0.6) is 0 Å². The molecule has 2 aromatic carbocycles. The summed E-state index contributed by atoms with van der Waals surface area (Å²) >= 11 is 0. The van der Waals surface area contributed by atoms with E-state index in [2.05, 4.69) is 31.1 Å². The molecule has 0 aliphatic heterocycles. The van der Waals surface area contributed by atoms with Gasteiger partial charge in [-0.1, -0.05) is 32.9 Å². The first-order valence-electron chi connectivity index (χ1n) is 10.1. The van der Waals surface area contributed by atoms with E-state index >= 15 is 0 Å². The molecule has 0 atom stereocenters. The summed E-state index contributed by atoms with van der Waals surface area (Å²) in [5.74, 6) is -0.611. The topological polar surface area (TPSA) is 68.3 Å². The van der Waals surface area contributed by atoms with E-state index in [1.54, 1.807) is 38.1 Å². The number of ether oxygens (including phenoxy) is 1. The van der Waals surface area contributed by atoms with Gasteiger partial charge >= 0.3 is 5.97 Å². The van der Waals surface area contributed by atoms with Crippen molar-refractivity contribution in [2.45, 2.75) is 53.1 Å². The van der Waals surface area contributed by atoms with Crippen molar-refractivity contribution in [2.24, 2.45) is 0 Å². The Morgan fingerprint density at radius 2 is 1.60 bits per heavy atom. The molecule has 0 saturated carbocycles. The van der Waals surface area contributed by atoms with Gasteiger partial charge in [0.2, 0.25) is 0 Å². The van der Waals surface area contributed by atoms with Crippen LogP contribution < -0.4 is 5.32 Å². The van der Waals surface area contributed by atoms with Crippen LogP contribution in [0.1, 0.15) is 66.6 Å². The zero-order valence-electron chi connectivity index (χ0n) is 18.4. The quantitative estimate of drug-likeness (QED) is 0.570. The van der Waals surface area contributed by atoms with E-state index in [0.717, 1.165) is 11.3 Å². The lowest BCUT2D eigenvalue weighted by Gasteiger charge is -2.19. The lowest BCUT2D eigenvalue weighted by molar-refractivity contribution is 0.0378. The standard InChI is InChI=1S/C25H28N2O3/c1-15(2)30-24(29)18-9-12-21-20(14-18)22(13-16(3)26-21)27-23(28)17-7-10-19(11-8-17)25(4,5)6/h7-15H,1-6H3,(H,26,27,28).